The standard InChI is InChI=1S/C14H16ClN3O2/c1-8-13(9(2)18(3)17-8)14(19)16-11-7-10(15)5-6-12(11)20-4/h5-7H,1-4H3,(H,16,19). The number of aryl methyl sites for hydroxylation is 2. The fraction of sp³-hybridized carbons (Fsp3) is 0.286. The maximum absolute atomic E-state index is 12.4. The highest BCUT2D eigenvalue weighted by atomic mass is 35.5. The van der Waals surface area contributed by atoms with Gasteiger partial charge in [-0.1, -0.05) is 11.6 Å². The number of hydrogen-bond acceptors (Lipinski definition) is 3. The van der Waals surface area contributed by atoms with Crippen molar-refractivity contribution in [1.82, 2.24) is 9.78 Å². The molecule has 106 valence electrons. The van der Waals surface area contributed by atoms with Gasteiger partial charge in [0.2, 0.25) is 0 Å². The number of carbonyl (C=O) groups excluding carboxylic acids is 1. The SMILES string of the molecule is COc1ccc(Cl)cc1NC(=O)c1c(C)nn(C)c1C. The molecule has 1 amide bonds. The Labute approximate surface area is 122 Å². The van der Waals surface area contributed by atoms with Crippen molar-refractivity contribution in [2.45, 2.75) is 13.8 Å². The number of amides is 1. The highest BCUT2D eigenvalue weighted by Gasteiger charge is 2.18. The molecule has 20 heavy (non-hydrogen) atoms. The van der Waals surface area contributed by atoms with E-state index in [2.05, 4.69) is 10.4 Å². The van der Waals surface area contributed by atoms with Crippen LogP contribution in [0.5, 0.6) is 5.75 Å². The van der Waals surface area contributed by atoms with E-state index >= 15 is 0 Å². The van der Waals surface area contributed by atoms with Gasteiger partial charge >= 0.3 is 0 Å². The molecule has 0 saturated heterocycles. The summed E-state index contributed by atoms with van der Waals surface area (Å²) in [6.07, 6.45) is 0. The lowest BCUT2D eigenvalue weighted by Gasteiger charge is -2.10. The lowest BCUT2D eigenvalue weighted by molar-refractivity contribution is 0.102. The van der Waals surface area contributed by atoms with Crippen LogP contribution in [0.2, 0.25) is 5.02 Å². The Morgan fingerprint density at radius 2 is 2.10 bits per heavy atom. The van der Waals surface area contributed by atoms with Crippen LogP contribution >= 0.6 is 11.6 Å². The predicted octanol–water partition coefficient (Wildman–Crippen LogP) is 2.95. The third-order valence-electron chi connectivity index (χ3n) is 3.15. The fourth-order valence-corrected chi connectivity index (χ4v) is 2.24. The van der Waals surface area contributed by atoms with Gasteiger partial charge in [-0.15, -0.1) is 0 Å². The molecule has 0 radical (unpaired) electrons. The second-order valence-corrected chi connectivity index (χ2v) is 4.90. The molecule has 2 rings (SSSR count). The molecule has 0 saturated carbocycles. The summed E-state index contributed by atoms with van der Waals surface area (Å²) < 4.78 is 6.89. The maximum atomic E-state index is 12.4. The number of nitrogens with one attached hydrogen (secondary N) is 1. The lowest BCUT2D eigenvalue weighted by atomic mass is 10.1. The normalized spacial score (nSPS) is 10.4. The first kappa shape index (κ1) is 14.4. The first-order valence-corrected chi connectivity index (χ1v) is 6.47. The van der Waals surface area contributed by atoms with Crippen LogP contribution < -0.4 is 10.1 Å². The van der Waals surface area contributed by atoms with Gasteiger partial charge in [0, 0.05) is 17.8 Å². The zero-order valence-corrected chi connectivity index (χ0v) is 12.6. The monoisotopic (exact) mass is 293 g/mol. The first-order chi connectivity index (χ1) is 9.43. The van der Waals surface area contributed by atoms with Crippen molar-refractivity contribution in [3.63, 3.8) is 0 Å². The van der Waals surface area contributed by atoms with Crippen LogP contribution in [0, 0.1) is 13.8 Å². The molecule has 0 aliphatic carbocycles. The van der Waals surface area contributed by atoms with Crippen LogP contribution in [-0.4, -0.2) is 22.8 Å². The minimum absolute atomic E-state index is 0.228. The minimum Gasteiger partial charge on any atom is -0.495 e. The molecular weight excluding hydrogens is 278 g/mol. The average Bonchev–Trinajstić information content (AvgIpc) is 2.63. The highest BCUT2D eigenvalue weighted by molar-refractivity contribution is 6.31. The van der Waals surface area contributed by atoms with Crippen LogP contribution in [-0.2, 0) is 7.05 Å². The number of methoxy groups -OCH3 is 1. The van der Waals surface area contributed by atoms with Crippen molar-refractivity contribution in [3.05, 3.63) is 40.2 Å². The van der Waals surface area contributed by atoms with Crippen molar-refractivity contribution in [2.24, 2.45) is 7.05 Å². The molecule has 1 aromatic carbocycles. The fourth-order valence-electron chi connectivity index (χ4n) is 2.06. The molecular formula is C14H16ClN3O2. The van der Waals surface area contributed by atoms with Gasteiger partial charge in [0.25, 0.3) is 5.91 Å². The number of ether oxygens (including phenoxy) is 1. The zero-order chi connectivity index (χ0) is 14.9. The number of carbonyl (C=O) groups is 1. The average molecular weight is 294 g/mol. The maximum Gasteiger partial charge on any atom is 0.259 e. The Kier molecular flexibility index (Phi) is 3.99. The number of hydrogen-bond donors (Lipinski definition) is 1. The molecule has 1 heterocycles. The summed E-state index contributed by atoms with van der Waals surface area (Å²) >= 11 is 5.95. The number of rotatable bonds is 3. The predicted molar refractivity (Wildman–Crippen MR) is 78.6 cm³/mol. The van der Waals surface area contributed by atoms with Crippen molar-refractivity contribution in [1.29, 1.82) is 0 Å². The number of nitrogens with zero attached hydrogens (tertiary/aromatic N) is 2. The van der Waals surface area contributed by atoms with E-state index in [1.165, 1.54) is 0 Å². The highest BCUT2D eigenvalue weighted by Crippen LogP contribution is 2.28. The number of anilines is 1. The molecule has 1 aromatic heterocycles. The van der Waals surface area contributed by atoms with E-state index in [-0.39, 0.29) is 5.91 Å². The van der Waals surface area contributed by atoms with Gasteiger partial charge in [-0.2, -0.15) is 5.10 Å². The van der Waals surface area contributed by atoms with E-state index in [4.69, 9.17) is 16.3 Å². The van der Waals surface area contributed by atoms with Crippen LogP contribution in [0.25, 0.3) is 0 Å². The van der Waals surface area contributed by atoms with Crippen LogP contribution in [0.1, 0.15) is 21.7 Å². The van der Waals surface area contributed by atoms with Crippen LogP contribution in [0.15, 0.2) is 18.2 Å². The molecule has 0 aliphatic rings. The molecule has 5 nitrogen and oxygen atoms in total. The summed E-state index contributed by atoms with van der Waals surface area (Å²) in [6.45, 7) is 3.65. The largest absolute Gasteiger partial charge is 0.495 e. The Hall–Kier alpha value is -2.01. The van der Waals surface area contributed by atoms with Crippen molar-refractivity contribution in [3.8, 4) is 5.75 Å². The van der Waals surface area contributed by atoms with Gasteiger partial charge in [0.1, 0.15) is 5.75 Å². The molecule has 6 heteroatoms. The summed E-state index contributed by atoms with van der Waals surface area (Å²) in [5.41, 5.74) is 2.59. The number of aromatic nitrogens is 2. The summed E-state index contributed by atoms with van der Waals surface area (Å²) in [7, 11) is 3.35. The Morgan fingerprint density at radius 1 is 1.40 bits per heavy atom. The molecule has 2 aromatic rings. The molecule has 0 atom stereocenters. The van der Waals surface area contributed by atoms with Gasteiger partial charge in [-0.05, 0) is 32.0 Å². The van der Waals surface area contributed by atoms with Gasteiger partial charge in [-0.3, -0.25) is 9.48 Å². The van der Waals surface area contributed by atoms with E-state index in [0.29, 0.717) is 27.7 Å². The van der Waals surface area contributed by atoms with Crippen molar-refractivity contribution in [2.75, 3.05) is 12.4 Å². The molecule has 0 bridgehead atoms. The minimum atomic E-state index is -0.228. The third kappa shape index (κ3) is 2.63. The second kappa shape index (κ2) is 5.54. The number of halogens is 1. The van der Waals surface area contributed by atoms with E-state index < -0.39 is 0 Å². The second-order valence-electron chi connectivity index (χ2n) is 4.47. The molecule has 0 aliphatic heterocycles. The molecule has 0 spiro atoms. The van der Waals surface area contributed by atoms with E-state index in [1.54, 1.807) is 44.0 Å². The Bertz CT molecular complexity index is 665. The number of benzene rings is 1. The quantitative estimate of drug-likeness (QED) is 0.946. The first-order valence-electron chi connectivity index (χ1n) is 6.09. The van der Waals surface area contributed by atoms with Crippen LogP contribution in [0.4, 0.5) is 5.69 Å². The molecule has 1 N–H and O–H groups in total. The van der Waals surface area contributed by atoms with Gasteiger partial charge in [0.15, 0.2) is 0 Å². The summed E-state index contributed by atoms with van der Waals surface area (Å²) in [5.74, 6) is 0.329. The third-order valence-corrected chi connectivity index (χ3v) is 3.38. The lowest BCUT2D eigenvalue weighted by Crippen LogP contribution is -2.14. The van der Waals surface area contributed by atoms with Crippen molar-refractivity contribution >= 4 is 23.2 Å². The van der Waals surface area contributed by atoms with Crippen LogP contribution in [0.3, 0.4) is 0 Å². The van der Waals surface area contributed by atoms with E-state index in [9.17, 15) is 4.79 Å². The molecule has 0 fully saturated rings. The zero-order valence-electron chi connectivity index (χ0n) is 11.8. The van der Waals surface area contributed by atoms with E-state index in [0.717, 1.165) is 5.69 Å². The van der Waals surface area contributed by atoms with Crippen molar-refractivity contribution < 1.29 is 9.53 Å². The van der Waals surface area contributed by atoms with Gasteiger partial charge in [-0.25, -0.2) is 0 Å². The van der Waals surface area contributed by atoms with E-state index in [1.807, 2.05) is 6.92 Å². The summed E-state index contributed by atoms with van der Waals surface area (Å²) in [5, 5.41) is 7.57. The Morgan fingerprint density at radius 3 is 2.65 bits per heavy atom. The smallest absolute Gasteiger partial charge is 0.259 e. The Balaban J connectivity index is 2.35. The van der Waals surface area contributed by atoms with Gasteiger partial charge < -0.3 is 10.1 Å². The molecule has 0 unspecified atom stereocenters. The topological polar surface area (TPSA) is 56.1 Å². The summed E-state index contributed by atoms with van der Waals surface area (Å²) in [6, 6.07) is 5.07. The van der Waals surface area contributed by atoms with Gasteiger partial charge in [0.05, 0.1) is 24.1 Å². The summed E-state index contributed by atoms with van der Waals surface area (Å²) in [4.78, 5) is 12.4.